The molecule has 2 amide bonds. The van der Waals surface area contributed by atoms with Gasteiger partial charge in [-0.05, 0) is 55.7 Å². The van der Waals surface area contributed by atoms with Gasteiger partial charge in [0.1, 0.15) is 18.3 Å². The molecule has 0 fully saturated rings. The van der Waals surface area contributed by atoms with Gasteiger partial charge in [0, 0.05) is 18.1 Å². The topological polar surface area (TPSA) is 96.0 Å². The van der Waals surface area contributed by atoms with Crippen molar-refractivity contribution in [3.8, 4) is 5.75 Å². The van der Waals surface area contributed by atoms with Crippen LogP contribution >= 0.6 is 11.6 Å². The van der Waals surface area contributed by atoms with Gasteiger partial charge in [0.05, 0.1) is 19.1 Å². The van der Waals surface area contributed by atoms with Crippen molar-refractivity contribution in [2.24, 2.45) is 0 Å². The average molecular weight is 510 g/mol. The fourth-order valence-corrected chi connectivity index (χ4v) is 4.56. The predicted molar refractivity (Wildman–Crippen MR) is 135 cm³/mol. The van der Waals surface area contributed by atoms with Crippen molar-refractivity contribution in [2.45, 2.75) is 39.8 Å². The Labute approximate surface area is 206 Å². The first-order valence-corrected chi connectivity index (χ1v) is 13.2. The van der Waals surface area contributed by atoms with E-state index in [0.717, 1.165) is 21.7 Å². The zero-order chi connectivity index (χ0) is 25.5. The van der Waals surface area contributed by atoms with Crippen molar-refractivity contribution < 1.29 is 22.7 Å². The molecule has 2 aromatic carbocycles. The summed E-state index contributed by atoms with van der Waals surface area (Å²) in [6.45, 7) is 5.47. The number of ether oxygens (including phenoxy) is 1. The molecule has 0 bridgehead atoms. The summed E-state index contributed by atoms with van der Waals surface area (Å²) in [6.07, 6.45) is 1.39. The van der Waals surface area contributed by atoms with Gasteiger partial charge in [-0.3, -0.25) is 13.9 Å². The fourth-order valence-electron chi connectivity index (χ4n) is 3.59. The van der Waals surface area contributed by atoms with Crippen LogP contribution in [0.3, 0.4) is 0 Å². The second-order valence-electron chi connectivity index (χ2n) is 7.91. The smallest absolute Gasteiger partial charge is 0.244 e. The number of amides is 2. The van der Waals surface area contributed by atoms with E-state index < -0.39 is 28.5 Å². The molecular weight excluding hydrogens is 478 g/mol. The third kappa shape index (κ3) is 7.11. The number of aryl methyl sites for hydroxylation is 1. The number of nitrogens with zero attached hydrogens (tertiary/aromatic N) is 2. The minimum Gasteiger partial charge on any atom is -0.495 e. The van der Waals surface area contributed by atoms with Crippen molar-refractivity contribution >= 4 is 39.1 Å². The first kappa shape index (κ1) is 27.5. The molecule has 0 aromatic heterocycles. The number of likely N-dealkylation sites (N-methyl/N-ethyl adjacent to an activating group) is 1. The van der Waals surface area contributed by atoms with E-state index in [1.165, 1.54) is 12.0 Å². The molecule has 1 atom stereocenters. The Morgan fingerprint density at radius 2 is 1.76 bits per heavy atom. The molecule has 186 valence electrons. The van der Waals surface area contributed by atoms with Gasteiger partial charge < -0.3 is 15.0 Å². The van der Waals surface area contributed by atoms with Gasteiger partial charge in [-0.1, -0.05) is 36.7 Å². The molecule has 8 nitrogen and oxygen atoms in total. The van der Waals surface area contributed by atoms with E-state index in [1.54, 1.807) is 56.3 Å². The highest BCUT2D eigenvalue weighted by atomic mass is 35.5. The Bertz CT molecular complexity index is 1110. The largest absolute Gasteiger partial charge is 0.495 e. The monoisotopic (exact) mass is 509 g/mol. The average Bonchev–Trinajstić information content (AvgIpc) is 2.78. The van der Waals surface area contributed by atoms with Crippen molar-refractivity contribution in [1.29, 1.82) is 0 Å². The number of hydrogen-bond donors (Lipinski definition) is 1. The molecule has 0 saturated carbocycles. The van der Waals surface area contributed by atoms with E-state index in [4.69, 9.17) is 16.3 Å². The number of anilines is 1. The number of nitrogens with one attached hydrogen (secondary N) is 1. The molecule has 1 N–H and O–H groups in total. The Hall–Kier alpha value is -2.78. The highest BCUT2D eigenvalue weighted by Gasteiger charge is 2.32. The number of carbonyl (C=O) groups is 2. The lowest BCUT2D eigenvalue weighted by Crippen LogP contribution is -2.52. The highest BCUT2D eigenvalue weighted by Crippen LogP contribution is 2.31. The molecule has 2 rings (SSSR count). The van der Waals surface area contributed by atoms with Gasteiger partial charge in [0.25, 0.3) is 0 Å². The molecule has 0 radical (unpaired) electrons. The van der Waals surface area contributed by atoms with E-state index in [9.17, 15) is 18.0 Å². The van der Waals surface area contributed by atoms with Crippen LogP contribution in [0, 0.1) is 6.92 Å². The number of carbonyl (C=O) groups excluding carboxylic acids is 2. The summed E-state index contributed by atoms with van der Waals surface area (Å²) in [6, 6.07) is 11.3. The fraction of sp³-hybridized carbons (Fsp3) is 0.417. The van der Waals surface area contributed by atoms with Crippen LogP contribution in [0.1, 0.15) is 31.4 Å². The normalized spacial score (nSPS) is 12.1. The summed E-state index contributed by atoms with van der Waals surface area (Å²) >= 11 is 5.99. The van der Waals surface area contributed by atoms with Crippen LogP contribution in [0.5, 0.6) is 5.75 Å². The minimum absolute atomic E-state index is 0.119. The third-order valence-corrected chi connectivity index (χ3v) is 6.66. The number of benzene rings is 2. The van der Waals surface area contributed by atoms with Crippen LogP contribution in [0.4, 0.5) is 5.69 Å². The van der Waals surface area contributed by atoms with Crippen LogP contribution in [0.15, 0.2) is 42.5 Å². The number of hydrogen-bond acceptors (Lipinski definition) is 5. The number of halogens is 1. The highest BCUT2D eigenvalue weighted by molar-refractivity contribution is 7.92. The second-order valence-corrected chi connectivity index (χ2v) is 10.3. The van der Waals surface area contributed by atoms with Crippen molar-refractivity contribution in [3.63, 3.8) is 0 Å². The Morgan fingerprint density at radius 1 is 1.12 bits per heavy atom. The van der Waals surface area contributed by atoms with Gasteiger partial charge in [-0.2, -0.15) is 0 Å². The van der Waals surface area contributed by atoms with Gasteiger partial charge >= 0.3 is 0 Å². The zero-order valence-electron chi connectivity index (χ0n) is 20.2. The molecular formula is C24H32ClN3O5S. The zero-order valence-corrected chi connectivity index (χ0v) is 21.7. The number of sulfonamides is 1. The molecule has 0 heterocycles. The molecule has 0 aliphatic rings. The summed E-state index contributed by atoms with van der Waals surface area (Å²) in [5.41, 5.74) is 1.83. The van der Waals surface area contributed by atoms with E-state index in [2.05, 4.69) is 5.32 Å². The minimum atomic E-state index is -3.85. The molecule has 10 heteroatoms. The van der Waals surface area contributed by atoms with Gasteiger partial charge in [0.2, 0.25) is 21.8 Å². The van der Waals surface area contributed by atoms with Gasteiger partial charge in [-0.25, -0.2) is 8.42 Å². The lowest BCUT2D eigenvalue weighted by Gasteiger charge is -2.33. The maximum Gasteiger partial charge on any atom is 0.244 e. The summed E-state index contributed by atoms with van der Waals surface area (Å²) in [7, 11) is -2.41. The van der Waals surface area contributed by atoms with E-state index >= 15 is 0 Å². The lowest BCUT2D eigenvalue weighted by atomic mass is 10.1. The van der Waals surface area contributed by atoms with Crippen LogP contribution in [-0.4, -0.2) is 57.6 Å². The SMILES string of the molecule is CCNC(=O)[C@H](CC)N(Cc1ccc(Cl)cc1)C(=O)CN(c1cc(C)ccc1OC)S(C)(=O)=O. The molecule has 0 saturated heterocycles. The maximum atomic E-state index is 13.6. The Kier molecular flexibility index (Phi) is 9.76. The molecule has 0 spiro atoms. The predicted octanol–water partition coefficient (Wildman–Crippen LogP) is 3.37. The van der Waals surface area contributed by atoms with Crippen LogP contribution in [-0.2, 0) is 26.2 Å². The summed E-state index contributed by atoms with van der Waals surface area (Å²) in [4.78, 5) is 27.8. The van der Waals surface area contributed by atoms with Crippen LogP contribution < -0.4 is 14.4 Å². The van der Waals surface area contributed by atoms with Crippen molar-refractivity contribution in [1.82, 2.24) is 10.2 Å². The summed E-state index contributed by atoms with van der Waals surface area (Å²) < 4.78 is 31.9. The van der Waals surface area contributed by atoms with Gasteiger partial charge in [-0.15, -0.1) is 0 Å². The number of methoxy groups -OCH3 is 1. The standard InChI is InChI=1S/C24H32ClN3O5S/c1-6-20(24(30)26-7-2)27(15-18-9-11-19(25)12-10-18)23(29)16-28(34(5,31)32)21-14-17(3)8-13-22(21)33-4/h8-14,20H,6-7,15-16H2,1-5H3,(H,26,30)/t20-/m0/s1. The quantitative estimate of drug-likeness (QED) is 0.501. The molecule has 0 unspecified atom stereocenters. The molecule has 0 aliphatic carbocycles. The Balaban J connectivity index is 2.49. The van der Waals surface area contributed by atoms with Crippen molar-refractivity contribution in [3.05, 3.63) is 58.6 Å². The number of rotatable bonds is 11. The second kappa shape index (κ2) is 12.1. The maximum absolute atomic E-state index is 13.6. The lowest BCUT2D eigenvalue weighted by molar-refractivity contribution is -0.140. The first-order valence-electron chi connectivity index (χ1n) is 11.0. The van der Waals surface area contributed by atoms with Gasteiger partial charge in [0.15, 0.2) is 0 Å². The first-order chi connectivity index (χ1) is 16.0. The summed E-state index contributed by atoms with van der Waals surface area (Å²) in [5, 5.41) is 3.31. The van der Waals surface area contributed by atoms with Crippen LogP contribution in [0.25, 0.3) is 0 Å². The van der Waals surface area contributed by atoms with Crippen molar-refractivity contribution in [2.75, 3.05) is 30.8 Å². The molecule has 34 heavy (non-hydrogen) atoms. The van der Waals surface area contributed by atoms with E-state index in [-0.39, 0.29) is 18.1 Å². The summed E-state index contributed by atoms with van der Waals surface area (Å²) in [5.74, 6) is -0.489. The Morgan fingerprint density at radius 3 is 2.29 bits per heavy atom. The molecule has 0 aliphatic heterocycles. The molecule has 2 aromatic rings. The van der Waals surface area contributed by atoms with Crippen LogP contribution in [0.2, 0.25) is 5.02 Å². The third-order valence-electron chi connectivity index (χ3n) is 5.29. The van der Waals surface area contributed by atoms with E-state index in [1.807, 2.05) is 6.92 Å². The van der Waals surface area contributed by atoms with E-state index in [0.29, 0.717) is 23.7 Å².